The molecule has 0 heterocycles. The molecular formula is C16H25NO2S. The lowest BCUT2D eigenvalue weighted by molar-refractivity contribution is 0.558. The summed E-state index contributed by atoms with van der Waals surface area (Å²) in [6, 6.07) is 0. The van der Waals surface area contributed by atoms with E-state index in [-0.39, 0.29) is 5.92 Å². The minimum atomic E-state index is -3.38. The number of unbranched alkanes of at least 4 members (excludes halogenated alkanes) is 2. The van der Waals surface area contributed by atoms with Gasteiger partial charge in [0.2, 0.25) is 10.0 Å². The molecule has 1 rings (SSSR count). The monoisotopic (exact) mass is 295 g/mol. The first-order valence-corrected chi connectivity index (χ1v) is 8.72. The van der Waals surface area contributed by atoms with Crippen LogP contribution >= 0.6 is 0 Å². The number of rotatable bonds is 8. The van der Waals surface area contributed by atoms with Crippen molar-refractivity contribution < 1.29 is 8.42 Å². The van der Waals surface area contributed by atoms with Crippen molar-refractivity contribution in [3.05, 3.63) is 48.6 Å². The number of nitrogens with one attached hydrogen (secondary N) is 1. The van der Waals surface area contributed by atoms with Crippen LogP contribution in [0.5, 0.6) is 0 Å². The van der Waals surface area contributed by atoms with E-state index < -0.39 is 15.3 Å². The van der Waals surface area contributed by atoms with Gasteiger partial charge in [0.1, 0.15) is 5.25 Å². The number of hydrogen-bond donors (Lipinski definition) is 1. The van der Waals surface area contributed by atoms with E-state index in [1.54, 1.807) is 12.2 Å². The molecule has 20 heavy (non-hydrogen) atoms. The molecule has 0 aliphatic heterocycles. The topological polar surface area (TPSA) is 46.2 Å². The van der Waals surface area contributed by atoms with Gasteiger partial charge in [0.25, 0.3) is 0 Å². The summed E-state index contributed by atoms with van der Waals surface area (Å²) in [5, 5.41) is -0.595. The molecule has 4 heteroatoms. The Kier molecular flexibility index (Phi) is 6.96. The fourth-order valence-corrected chi connectivity index (χ4v) is 3.85. The minimum absolute atomic E-state index is 0.195. The minimum Gasteiger partial charge on any atom is -0.215 e. The second-order valence-corrected chi connectivity index (χ2v) is 6.90. The molecule has 2 atom stereocenters. The summed E-state index contributed by atoms with van der Waals surface area (Å²) in [7, 11) is -3.38. The van der Waals surface area contributed by atoms with Crippen LogP contribution in [0, 0.1) is 5.92 Å². The van der Waals surface area contributed by atoms with Crippen LogP contribution < -0.4 is 4.72 Å². The van der Waals surface area contributed by atoms with E-state index in [1.807, 2.05) is 31.2 Å². The van der Waals surface area contributed by atoms with Crippen LogP contribution in [0.25, 0.3) is 0 Å². The van der Waals surface area contributed by atoms with Gasteiger partial charge in [0.05, 0.1) is 0 Å². The Morgan fingerprint density at radius 1 is 1.40 bits per heavy atom. The lowest BCUT2D eigenvalue weighted by Crippen LogP contribution is -2.38. The molecule has 1 aliphatic carbocycles. The Morgan fingerprint density at radius 3 is 2.75 bits per heavy atom. The van der Waals surface area contributed by atoms with Gasteiger partial charge in [-0.05, 0) is 18.9 Å². The van der Waals surface area contributed by atoms with E-state index in [0.717, 1.165) is 24.8 Å². The van der Waals surface area contributed by atoms with Crippen molar-refractivity contribution in [1.29, 1.82) is 0 Å². The quantitative estimate of drug-likeness (QED) is 0.551. The molecule has 2 unspecified atom stereocenters. The fraction of sp³-hybridized carbons (Fsp3) is 0.500. The smallest absolute Gasteiger partial charge is 0.215 e. The summed E-state index contributed by atoms with van der Waals surface area (Å²) in [5.41, 5.74) is 0.828. The molecule has 112 valence electrons. The van der Waals surface area contributed by atoms with Crippen molar-refractivity contribution in [1.82, 2.24) is 4.72 Å². The highest BCUT2D eigenvalue weighted by Gasteiger charge is 2.31. The van der Waals surface area contributed by atoms with E-state index >= 15 is 0 Å². The molecule has 1 N–H and O–H groups in total. The van der Waals surface area contributed by atoms with Gasteiger partial charge in [-0.2, -0.15) is 0 Å². The van der Waals surface area contributed by atoms with E-state index in [2.05, 4.69) is 18.2 Å². The Balaban J connectivity index is 2.81. The predicted molar refractivity (Wildman–Crippen MR) is 86.0 cm³/mol. The first kappa shape index (κ1) is 16.9. The lowest BCUT2D eigenvalue weighted by atomic mass is 9.92. The van der Waals surface area contributed by atoms with Crippen LogP contribution in [0.1, 0.15) is 33.1 Å². The summed E-state index contributed by atoms with van der Waals surface area (Å²) in [6.45, 7) is 8.40. The number of allylic oxidation sites excluding steroid dienone is 6. The molecule has 3 nitrogen and oxygen atoms in total. The molecule has 0 bridgehead atoms. The molecule has 1 aliphatic rings. The van der Waals surface area contributed by atoms with E-state index in [1.165, 1.54) is 0 Å². The summed E-state index contributed by atoms with van der Waals surface area (Å²) in [6.07, 6.45) is 14.0. The third-order valence-corrected chi connectivity index (χ3v) is 5.12. The second-order valence-electron chi connectivity index (χ2n) is 4.98. The number of sulfonamides is 1. The average Bonchev–Trinajstić information content (AvgIpc) is 2.42. The molecule has 0 saturated carbocycles. The van der Waals surface area contributed by atoms with Gasteiger partial charge >= 0.3 is 0 Å². The second kappa shape index (κ2) is 8.22. The van der Waals surface area contributed by atoms with Gasteiger partial charge in [-0.1, -0.05) is 62.8 Å². The fourth-order valence-electron chi connectivity index (χ4n) is 2.21. The van der Waals surface area contributed by atoms with Crippen LogP contribution in [0.4, 0.5) is 0 Å². The molecule has 0 fully saturated rings. The van der Waals surface area contributed by atoms with Crippen molar-refractivity contribution in [3.8, 4) is 0 Å². The normalized spacial score (nSPS) is 20.7. The van der Waals surface area contributed by atoms with Gasteiger partial charge < -0.3 is 0 Å². The summed E-state index contributed by atoms with van der Waals surface area (Å²) < 4.78 is 27.7. The molecule has 0 spiro atoms. The van der Waals surface area contributed by atoms with Gasteiger partial charge in [-0.3, -0.25) is 0 Å². The van der Waals surface area contributed by atoms with E-state index in [4.69, 9.17) is 0 Å². The maximum atomic E-state index is 12.5. The highest BCUT2D eigenvalue weighted by atomic mass is 32.2. The summed E-state index contributed by atoms with van der Waals surface area (Å²) >= 11 is 0. The Morgan fingerprint density at radius 2 is 2.15 bits per heavy atom. The van der Waals surface area contributed by atoms with Crippen LogP contribution in [0.15, 0.2) is 48.6 Å². The van der Waals surface area contributed by atoms with Crippen molar-refractivity contribution >= 4 is 10.0 Å². The highest BCUT2D eigenvalue weighted by molar-refractivity contribution is 7.90. The Labute approximate surface area is 123 Å². The van der Waals surface area contributed by atoms with E-state index in [9.17, 15) is 8.42 Å². The molecule has 0 aromatic carbocycles. The largest absolute Gasteiger partial charge is 0.218 e. The summed E-state index contributed by atoms with van der Waals surface area (Å²) in [5.74, 6) is -0.195. The van der Waals surface area contributed by atoms with Gasteiger partial charge in [-0.25, -0.2) is 13.1 Å². The van der Waals surface area contributed by atoms with Crippen LogP contribution in [0.3, 0.4) is 0 Å². The molecular weight excluding hydrogens is 270 g/mol. The standard InChI is InChI=1S/C16H25NO2S/c1-4-6-9-13-17-20(18,19)16(10-5-2)15-12-8-7-11-14(15)3/h5,7-8,10-12,15-17H,3-4,6,9,13H2,1-2H3/b10-5-. The van der Waals surface area contributed by atoms with Crippen molar-refractivity contribution in [3.63, 3.8) is 0 Å². The molecule has 0 saturated heterocycles. The van der Waals surface area contributed by atoms with Crippen LogP contribution in [-0.4, -0.2) is 20.2 Å². The van der Waals surface area contributed by atoms with Crippen molar-refractivity contribution in [2.45, 2.75) is 38.4 Å². The third kappa shape index (κ3) is 4.76. The molecule has 0 aromatic rings. The maximum absolute atomic E-state index is 12.5. The Bertz CT molecular complexity index is 501. The van der Waals surface area contributed by atoms with Gasteiger partial charge in [0, 0.05) is 12.5 Å². The highest BCUT2D eigenvalue weighted by Crippen LogP contribution is 2.26. The zero-order chi connectivity index (χ0) is 15.0. The first-order valence-electron chi connectivity index (χ1n) is 7.18. The van der Waals surface area contributed by atoms with Crippen LogP contribution in [0.2, 0.25) is 0 Å². The zero-order valence-electron chi connectivity index (χ0n) is 12.4. The molecule has 0 aromatic heterocycles. The van der Waals surface area contributed by atoms with Crippen molar-refractivity contribution in [2.24, 2.45) is 5.92 Å². The first-order chi connectivity index (χ1) is 9.53. The Hall–Kier alpha value is -1.13. The average molecular weight is 295 g/mol. The lowest BCUT2D eigenvalue weighted by Gasteiger charge is -2.24. The molecule has 0 radical (unpaired) electrons. The van der Waals surface area contributed by atoms with Crippen LogP contribution in [-0.2, 0) is 10.0 Å². The van der Waals surface area contributed by atoms with Gasteiger partial charge in [-0.15, -0.1) is 0 Å². The zero-order valence-corrected chi connectivity index (χ0v) is 13.2. The SMILES string of the molecule is C=C1C=CC=CC1C(/C=C\C)S(=O)(=O)NCCCCC. The molecule has 0 amide bonds. The maximum Gasteiger partial charge on any atom is 0.218 e. The van der Waals surface area contributed by atoms with Crippen molar-refractivity contribution in [2.75, 3.05) is 6.54 Å². The predicted octanol–water partition coefficient (Wildman–Crippen LogP) is 3.34. The third-order valence-electron chi connectivity index (χ3n) is 3.35. The number of hydrogen-bond acceptors (Lipinski definition) is 2. The summed E-state index contributed by atoms with van der Waals surface area (Å²) in [4.78, 5) is 0. The van der Waals surface area contributed by atoms with Gasteiger partial charge in [0.15, 0.2) is 0 Å². The van der Waals surface area contributed by atoms with E-state index in [0.29, 0.717) is 6.54 Å².